The van der Waals surface area contributed by atoms with Crippen molar-refractivity contribution in [3.05, 3.63) is 41.7 Å². The first-order valence-electron chi connectivity index (χ1n) is 9.67. The molecule has 0 aromatic carbocycles. The molecule has 142 valence electrons. The Morgan fingerprint density at radius 3 is 2.93 bits per heavy atom. The zero-order valence-corrected chi connectivity index (χ0v) is 16.6. The van der Waals surface area contributed by atoms with Crippen molar-refractivity contribution in [1.82, 2.24) is 25.1 Å². The van der Waals surface area contributed by atoms with Crippen molar-refractivity contribution in [3.63, 3.8) is 0 Å². The zero-order chi connectivity index (χ0) is 18.8. The average molecular weight is 383 g/mol. The minimum absolute atomic E-state index is 0.327. The fraction of sp³-hybridized carbons (Fsp3) is 0.450. The Morgan fingerprint density at radius 1 is 1.26 bits per heavy atom. The summed E-state index contributed by atoms with van der Waals surface area (Å²) < 4.78 is 2.02. The molecule has 3 unspecified atom stereocenters. The number of nitrogens with one attached hydrogen (secondary N) is 1. The fourth-order valence-corrected chi connectivity index (χ4v) is 4.94. The number of nitrogens with zero attached hydrogens (tertiary/aromatic N) is 4. The Morgan fingerprint density at radius 2 is 2.11 bits per heavy atom. The van der Waals surface area contributed by atoms with Crippen molar-refractivity contribution in [2.45, 2.75) is 50.7 Å². The molecule has 3 N–H and O–H groups in total. The number of nitrogens with two attached hydrogens (primary N) is 1. The van der Waals surface area contributed by atoms with Gasteiger partial charge in [-0.2, -0.15) is 5.10 Å². The second-order valence-electron chi connectivity index (χ2n) is 7.14. The van der Waals surface area contributed by atoms with Crippen LogP contribution in [0.5, 0.6) is 0 Å². The molecule has 0 spiro atoms. The standard InChI is InChI=1S/C20H26N6S/c1-3-7-13(4-2)11-26-19-17(18(21)23-12-24-19)20(25-26)27-16-10-22-15-9-6-5-8-14(15)16/h5-6,8-10,12-15,22H,3-4,7,11H2,1-2H3,(H2,21,23,24). The highest BCUT2D eigenvalue weighted by Crippen LogP contribution is 2.41. The third-order valence-corrected chi connectivity index (χ3v) is 6.43. The van der Waals surface area contributed by atoms with Crippen LogP contribution in [0.2, 0.25) is 0 Å². The van der Waals surface area contributed by atoms with Gasteiger partial charge in [0.25, 0.3) is 0 Å². The molecule has 4 rings (SSSR count). The van der Waals surface area contributed by atoms with Crippen molar-refractivity contribution in [1.29, 1.82) is 0 Å². The van der Waals surface area contributed by atoms with E-state index in [1.165, 1.54) is 24.1 Å². The summed E-state index contributed by atoms with van der Waals surface area (Å²) in [7, 11) is 0. The summed E-state index contributed by atoms with van der Waals surface area (Å²) in [5, 5.41) is 10.1. The molecule has 3 atom stereocenters. The van der Waals surface area contributed by atoms with E-state index >= 15 is 0 Å². The lowest BCUT2D eigenvalue weighted by Gasteiger charge is -2.18. The van der Waals surface area contributed by atoms with Crippen molar-refractivity contribution in [2.24, 2.45) is 11.8 Å². The van der Waals surface area contributed by atoms with Crippen LogP contribution in [0, 0.1) is 11.8 Å². The number of hydrogen-bond acceptors (Lipinski definition) is 6. The van der Waals surface area contributed by atoms with Crippen LogP contribution in [0.1, 0.15) is 33.1 Å². The fourth-order valence-electron chi connectivity index (χ4n) is 3.80. The van der Waals surface area contributed by atoms with Gasteiger partial charge in [0.05, 0.1) is 11.4 Å². The molecule has 3 heterocycles. The van der Waals surface area contributed by atoms with Gasteiger partial charge in [0.2, 0.25) is 0 Å². The number of hydrogen-bond donors (Lipinski definition) is 2. The normalized spacial score (nSPS) is 21.9. The summed E-state index contributed by atoms with van der Waals surface area (Å²) in [5.74, 6) is 1.43. The minimum atomic E-state index is 0.327. The second-order valence-corrected chi connectivity index (χ2v) is 8.21. The van der Waals surface area contributed by atoms with Crippen molar-refractivity contribution >= 4 is 28.6 Å². The number of anilines is 1. The van der Waals surface area contributed by atoms with E-state index in [0.29, 0.717) is 23.7 Å². The highest BCUT2D eigenvalue weighted by Gasteiger charge is 2.29. The third-order valence-electron chi connectivity index (χ3n) is 5.33. The van der Waals surface area contributed by atoms with E-state index in [1.54, 1.807) is 11.8 Å². The zero-order valence-electron chi connectivity index (χ0n) is 15.8. The van der Waals surface area contributed by atoms with Gasteiger partial charge in [0.1, 0.15) is 17.2 Å². The lowest BCUT2D eigenvalue weighted by Crippen LogP contribution is -2.24. The highest BCUT2D eigenvalue weighted by molar-refractivity contribution is 8.03. The van der Waals surface area contributed by atoms with Gasteiger partial charge in [-0.25, -0.2) is 14.6 Å². The Bertz CT molecular complexity index is 913. The molecule has 1 aliphatic heterocycles. The molecule has 0 fully saturated rings. The van der Waals surface area contributed by atoms with Gasteiger partial charge in [0, 0.05) is 23.6 Å². The van der Waals surface area contributed by atoms with E-state index in [1.807, 2.05) is 4.68 Å². The molecule has 6 nitrogen and oxygen atoms in total. The Hall–Kier alpha value is -2.28. The third kappa shape index (κ3) is 3.48. The molecule has 0 saturated heterocycles. The lowest BCUT2D eigenvalue weighted by atomic mass is 9.98. The summed E-state index contributed by atoms with van der Waals surface area (Å²) in [6.45, 7) is 5.33. The number of thioether (sulfide) groups is 1. The number of rotatable bonds is 7. The predicted octanol–water partition coefficient (Wildman–Crippen LogP) is 3.88. The van der Waals surface area contributed by atoms with Gasteiger partial charge in [-0.3, -0.25) is 0 Å². The first-order valence-corrected chi connectivity index (χ1v) is 10.5. The molecule has 0 bridgehead atoms. The van der Waals surface area contributed by atoms with E-state index in [-0.39, 0.29) is 0 Å². The first kappa shape index (κ1) is 18.1. The molecule has 2 aliphatic rings. The monoisotopic (exact) mass is 382 g/mol. The maximum atomic E-state index is 6.22. The van der Waals surface area contributed by atoms with Gasteiger partial charge in [0.15, 0.2) is 5.65 Å². The van der Waals surface area contributed by atoms with Crippen LogP contribution in [0.15, 0.2) is 46.8 Å². The van der Waals surface area contributed by atoms with Crippen molar-refractivity contribution < 1.29 is 0 Å². The SMILES string of the molecule is CCCC(CC)Cn1nc(SC2=CNC3C=CC=CC23)c2c(N)ncnc21. The van der Waals surface area contributed by atoms with Gasteiger partial charge in [-0.05, 0) is 12.3 Å². The lowest BCUT2D eigenvalue weighted by molar-refractivity contribution is 0.381. The second kappa shape index (κ2) is 7.76. The van der Waals surface area contributed by atoms with E-state index in [4.69, 9.17) is 10.8 Å². The molecule has 0 radical (unpaired) electrons. The van der Waals surface area contributed by atoms with Gasteiger partial charge in [-0.1, -0.05) is 62.8 Å². The summed E-state index contributed by atoms with van der Waals surface area (Å²) in [4.78, 5) is 9.96. The van der Waals surface area contributed by atoms with Gasteiger partial charge < -0.3 is 11.1 Å². The highest BCUT2D eigenvalue weighted by atomic mass is 32.2. The first-order chi connectivity index (χ1) is 13.2. The molecule has 2 aromatic rings. The maximum Gasteiger partial charge on any atom is 0.164 e. The van der Waals surface area contributed by atoms with Crippen molar-refractivity contribution in [2.75, 3.05) is 5.73 Å². The molecule has 7 heteroatoms. The van der Waals surface area contributed by atoms with Crippen LogP contribution in [0.25, 0.3) is 11.0 Å². The molecule has 2 aromatic heterocycles. The Kier molecular flexibility index (Phi) is 5.20. The largest absolute Gasteiger partial charge is 0.383 e. The quantitative estimate of drug-likeness (QED) is 0.756. The van der Waals surface area contributed by atoms with Crippen LogP contribution in [-0.4, -0.2) is 25.8 Å². The Labute approximate surface area is 164 Å². The van der Waals surface area contributed by atoms with Crippen LogP contribution >= 0.6 is 11.8 Å². The van der Waals surface area contributed by atoms with E-state index in [9.17, 15) is 0 Å². The molecule has 1 aliphatic carbocycles. The van der Waals surface area contributed by atoms with Crippen LogP contribution in [0.4, 0.5) is 5.82 Å². The number of fused-ring (bicyclic) bond motifs is 2. The summed E-state index contributed by atoms with van der Waals surface area (Å²) in [6.07, 6.45) is 15.7. The molecule has 0 amide bonds. The summed E-state index contributed by atoms with van der Waals surface area (Å²) >= 11 is 1.67. The van der Waals surface area contributed by atoms with E-state index < -0.39 is 0 Å². The topological polar surface area (TPSA) is 81.7 Å². The van der Waals surface area contributed by atoms with Crippen LogP contribution in [-0.2, 0) is 6.54 Å². The van der Waals surface area contributed by atoms with Gasteiger partial charge >= 0.3 is 0 Å². The Balaban J connectivity index is 1.66. The summed E-state index contributed by atoms with van der Waals surface area (Å²) in [5.41, 5.74) is 7.06. The van der Waals surface area contributed by atoms with Gasteiger partial charge in [-0.15, -0.1) is 0 Å². The van der Waals surface area contributed by atoms with Crippen LogP contribution in [0.3, 0.4) is 0 Å². The minimum Gasteiger partial charge on any atom is -0.383 e. The molecule has 27 heavy (non-hydrogen) atoms. The predicted molar refractivity (Wildman–Crippen MR) is 111 cm³/mol. The molecular weight excluding hydrogens is 356 g/mol. The maximum absolute atomic E-state index is 6.22. The summed E-state index contributed by atoms with van der Waals surface area (Å²) in [6, 6.07) is 0.327. The number of allylic oxidation sites excluding steroid dienone is 2. The van der Waals surface area contributed by atoms with E-state index in [0.717, 1.165) is 29.0 Å². The van der Waals surface area contributed by atoms with Crippen molar-refractivity contribution in [3.8, 4) is 0 Å². The van der Waals surface area contributed by atoms with E-state index in [2.05, 4.69) is 59.6 Å². The molecule has 0 saturated carbocycles. The average Bonchev–Trinajstić information content (AvgIpc) is 3.24. The van der Waals surface area contributed by atoms with Crippen LogP contribution < -0.4 is 11.1 Å². The molecular formula is C20H26N6S. The number of nitrogen functional groups attached to an aromatic ring is 1. The smallest absolute Gasteiger partial charge is 0.164 e. The number of aromatic nitrogens is 4.